The van der Waals surface area contributed by atoms with Gasteiger partial charge in [-0.1, -0.05) is 25.4 Å². The summed E-state index contributed by atoms with van der Waals surface area (Å²) < 4.78 is 41.0. The van der Waals surface area contributed by atoms with Crippen LogP contribution < -0.4 is 10.0 Å². The summed E-state index contributed by atoms with van der Waals surface area (Å²) in [7, 11) is -2.35. The Hall–Kier alpha value is -0.890. The highest BCUT2D eigenvalue weighted by atomic mass is 35.5. The normalized spacial score (nSPS) is 12.1. The van der Waals surface area contributed by atoms with Gasteiger partial charge >= 0.3 is 10.2 Å². The molecule has 0 unspecified atom stereocenters. The van der Waals surface area contributed by atoms with Crippen molar-refractivity contribution in [2.24, 2.45) is 0 Å². The van der Waals surface area contributed by atoms with Crippen LogP contribution in [0.15, 0.2) is 18.2 Å². The molecule has 0 bridgehead atoms. The predicted molar refractivity (Wildman–Crippen MR) is 84.3 cm³/mol. The minimum absolute atomic E-state index is 0.158. The summed E-state index contributed by atoms with van der Waals surface area (Å²) in [5.41, 5.74) is -0.158. The van der Waals surface area contributed by atoms with Gasteiger partial charge in [-0.2, -0.15) is 12.7 Å². The Bertz CT molecular complexity index is 567. The van der Waals surface area contributed by atoms with E-state index in [4.69, 9.17) is 11.6 Å². The standard InChI is InChI=1S/C13H21ClFN3O2S/c1-10(2)16-7-4-8-18(3)21(19,20)17-13-9-11(14)5-6-12(13)15/h5-6,9-10,16-17H,4,7-8H2,1-3H3. The van der Waals surface area contributed by atoms with E-state index in [0.29, 0.717) is 25.6 Å². The molecule has 0 aromatic heterocycles. The zero-order valence-electron chi connectivity index (χ0n) is 12.4. The number of halogens is 2. The maximum atomic E-state index is 13.5. The Morgan fingerprint density at radius 3 is 2.67 bits per heavy atom. The highest BCUT2D eigenvalue weighted by Crippen LogP contribution is 2.21. The minimum atomic E-state index is -3.80. The van der Waals surface area contributed by atoms with Crippen LogP contribution in [0.4, 0.5) is 10.1 Å². The van der Waals surface area contributed by atoms with Crippen LogP contribution in [0.3, 0.4) is 0 Å². The molecular weight excluding hydrogens is 317 g/mol. The minimum Gasteiger partial charge on any atom is -0.314 e. The van der Waals surface area contributed by atoms with Gasteiger partial charge in [-0.3, -0.25) is 4.72 Å². The molecule has 1 aromatic rings. The van der Waals surface area contributed by atoms with E-state index in [1.807, 2.05) is 13.8 Å². The summed E-state index contributed by atoms with van der Waals surface area (Å²) in [5, 5.41) is 3.46. The zero-order chi connectivity index (χ0) is 16.0. The van der Waals surface area contributed by atoms with Gasteiger partial charge in [0.15, 0.2) is 0 Å². The fraction of sp³-hybridized carbons (Fsp3) is 0.538. The molecule has 0 saturated carbocycles. The van der Waals surface area contributed by atoms with E-state index in [-0.39, 0.29) is 10.7 Å². The molecule has 0 radical (unpaired) electrons. The van der Waals surface area contributed by atoms with Crippen LogP contribution in [0.5, 0.6) is 0 Å². The van der Waals surface area contributed by atoms with Crippen LogP contribution in [0.1, 0.15) is 20.3 Å². The molecular formula is C13H21ClFN3O2S. The van der Waals surface area contributed by atoms with Gasteiger partial charge in [0.1, 0.15) is 5.82 Å². The molecule has 1 rings (SSSR count). The third kappa shape index (κ3) is 6.17. The molecule has 21 heavy (non-hydrogen) atoms. The van der Waals surface area contributed by atoms with Gasteiger partial charge in [0.25, 0.3) is 0 Å². The van der Waals surface area contributed by atoms with Crippen LogP contribution in [0.2, 0.25) is 5.02 Å². The van der Waals surface area contributed by atoms with Crippen LogP contribution in [0.25, 0.3) is 0 Å². The van der Waals surface area contributed by atoms with Crippen molar-refractivity contribution in [3.63, 3.8) is 0 Å². The number of nitrogens with one attached hydrogen (secondary N) is 2. The van der Waals surface area contributed by atoms with Crippen molar-refractivity contribution >= 4 is 27.5 Å². The van der Waals surface area contributed by atoms with Crippen molar-refractivity contribution in [1.29, 1.82) is 0 Å². The van der Waals surface area contributed by atoms with Gasteiger partial charge in [0.2, 0.25) is 0 Å². The smallest absolute Gasteiger partial charge is 0.301 e. The van der Waals surface area contributed by atoms with Gasteiger partial charge in [0.05, 0.1) is 5.69 Å². The third-order valence-corrected chi connectivity index (χ3v) is 4.50. The average molecular weight is 338 g/mol. The Labute approximate surface area is 130 Å². The molecule has 0 heterocycles. The highest BCUT2D eigenvalue weighted by Gasteiger charge is 2.19. The Kier molecular flexibility index (Phi) is 6.86. The molecule has 0 aliphatic rings. The van der Waals surface area contributed by atoms with Crippen LogP contribution in [-0.4, -0.2) is 38.9 Å². The molecule has 5 nitrogen and oxygen atoms in total. The second-order valence-electron chi connectivity index (χ2n) is 5.02. The van der Waals surface area contributed by atoms with E-state index in [1.165, 1.54) is 19.2 Å². The molecule has 120 valence electrons. The molecule has 2 N–H and O–H groups in total. The van der Waals surface area contributed by atoms with Crippen molar-refractivity contribution in [3.05, 3.63) is 29.0 Å². The van der Waals surface area contributed by atoms with Crippen LogP contribution in [0, 0.1) is 5.82 Å². The lowest BCUT2D eigenvalue weighted by molar-refractivity contribution is 0.451. The molecule has 0 spiro atoms. The molecule has 0 aliphatic carbocycles. The SMILES string of the molecule is CC(C)NCCCN(C)S(=O)(=O)Nc1cc(Cl)ccc1F. The van der Waals surface area contributed by atoms with Gasteiger partial charge in [-0.05, 0) is 31.2 Å². The van der Waals surface area contributed by atoms with Gasteiger partial charge in [-0.15, -0.1) is 0 Å². The molecule has 1 aromatic carbocycles. The quantitative estimate of drug-likeness (QED) is 0.716. The molecule has 0 saturated heterocycles. The van der Waals surface area contributed by atoms with E-state index in [2.05, 4.69) is 10.0 Å². The number of benzene rings is 1. The highest BCUT2D eigenvalue weighted by molar-refractivity contribution is 7.90. The van der Waals surface area contributed by atoms with Crippen LogP contribution in [-0.2, 0) is 10.2 Å². The number of nitrogens with zero attached hydrogens (tertiary/aromatic N) is 1. The maximum absolute atomic E-state index is 13.5. The number of rotatable bonds is 8. The first-order chi connectivity index (χ1) is 9.72. The van der Waals surface area contributed by atoms with Gasteiger partial charge < -0.3 is 5.32 Å². The van der Waals surface area contributed by atoms with Crippen molar-refractivity contribution in [2.75, 3.05) is 24.9 Å². The van der Waals surface area contributed by atoms with E-state index in [9.17, 15) is 12.8 Å². The Morgan fingerprint density at radius 2 is 2.05 bits per heavy atom. The number of hydrogen-bond donors (Lipinski definition) is 2. The van der Waals surface area contributed by atoms with Gasteiger partial charge in [-0.25, -0.2) is 4.39 Å². The van der Waals surface area contributed by atoms with Gasteiger partial charge in [0, 0.05) is 24.7 Å². The number of anilines is 1. The molecule has 0 atom stereocenters. The second kappa shape index (κ2) is 7.93. The van der Waals surface area contributed by atoms with Crippen LogP contribution >= 0.6 is 11.6 Å². The molecule has 8 heteroatoms. The summed E-state index contributed by atoms with van der Waals surface area (Å²) in [6, 6.07) is 4.07. The zero-order valence-corrected chi connectivity index (χ0v) is 13.9. The summed E-state index contributed by atoms with van der Waals surface area (Å²) in [6.45, 7) is 5.08. The van der Waals surface area contributed by atoms with Crippen molar-refractivity contribution in [3.8, 4) is 0 Å². The lowest BCUT2D eigenvalue weighted by Crippen LogP contribution is -2.35. The first kappa shape index (κ1) is 18.2. The van der Waals surface area contributed by atoms with Crippen molar-refractivity contribution in [2.45, 2.75) is 26.3 Å². The summed E-state index contributed by atoms with van der Waals surface area (Å²) in [6.07, 6.45) is 0.660. The summed E-state index contributed by atoms with van der Waals surface area (Å²) >= 11 is 5.73. The monoisotopic (exact) mass is 337 g/mol. The molecule has 0 fully saturated rings. The van der Waals surface area contributed by atoms with Crippen molar-refractivity contribution in [1.82, 2.24) is 9.62 Å². The molecule has 0 aliphatic heterocycles. The first-order valence-corrected chi connectivity index (χ1v) is 8.46. The Morgan fingerprint density at radius 1 is 1.38 bits per heavy atom. The van der Waals surface area contributed by atoms with Crippen molar-refractivity contribution < 1.29 is 12.8 Å². The maximum Gasteiger partial charge on any atom is 0.301 e. The first-order valence-electron chi connectivity index (χ1n) is 6.65. The van der Waals surface area contributed by atoms with E-state index < -0.39 is 16.0 Å². The lowest BCUT2D eigenvalue weighted by atomic mass is 10.3. The fourth-order valence-electron chi connectivity index (χ4n) is 1.61. The topological polar surface area (TPSA) is 61.4 Å². The summed E-state index contributed by atoms with van der Waals surface area (Å²) in [4.78, 5) is 0. The lowest BCUT2D eigenvalue weighted by Gasteiger charge is -2.19. The fourth-order valence-corrected chi connectivity index (χ4v) is 2.74. The second-order valence-corrected chi connectivity index (χ2v) is 7.23. The van der Waals surface area contributed by atoms with E-state index in [0.717, 1.165) is 10.4 Å². The van der Waals surface area contributed by atoms with E-state index in [1.54, 1.807) is 0 Å². The number of hydrogen-bond acceptors (Lipinski definition) is 3. The predicted octanol–water partition coefficient (Wildman–Crippen LogP) is 2.46. The Balaban J connectivity index is 2.61. The molecule has 0 amide bonds. The largest absolute Gasteiger partial charge is 0.314 e. The average Bonchev–Trinajstić information content (AvgIpc) is 2.38. The third-order valence-electron chi connectivity index (χ3n) is 2.78. The summed E-state index contributed by atoms with van der Waals surface area (Å²) in [5.74, 6) is -0.669. The van der Waals surface area contributed by atoms with E-state index >= 15 is 0 Å².